The molecule has 0 heterocycles. The zero-order valence-corrected chi connectivity index (χ0v) is 12.0. The fourth-order valence-electron chi connectivity index (χ4n) is 1.59. The van der Waals surface area contributed by atoms with Gasteiger partial charge in [0.05, 0.1) is 28.4 Å². The number of rotatable bonds is 3. The number of hydrogen-bond acceptors (Lipinski definition) is 4. The number of hydrogen-bond donors (Lipinski definition) is 1. The van der Waals surface area contributed by atoms with Crippen molar-refractivity contribution in [3.05, 3.63) is 52.0 Å². The van der Waals surface area contributed by atoms with Crippen LogP contribution in [-0.2, 0) is 4.74 Å². The van der Waals surface area contributed by atoms with E-state index in [1.54, 1.807) is 36.4 Å². The number of ether oxygens (including phenoxy) is 2. The summed E-state index contributed by atoms with van der Waals surface area (Å²) in [7, 11) is 1.29. The van der Waals surface area contributed by atoms with Gasteiger partial charge in [-0.3, -0.25) is 0 Å². The molecule has 20 heavy (non-hydrogen) atoms. The zero-order valence-electron chi connectivity index (χ0n) is 10.5. The van der Waals surface area contributed by atoms with Crippen LogP contribution in [0.15, 0.2) is 36.4 Å². The van der Waals surface area contributed by atoms with Gasteiger partial charge in [-0.15, -0.1) is 0 Å². The van der Waals surface area contributed by atoms with E-state index in [1.807, 2.05) is 0 Å². The van der Waals surface area contributed by atoms with Crippen LogP contribution in [0.25, 0.3) is 0 Å². The number of methoxy groups -OCH3 is 1. The second-order valence-electron chi connectivity index (χ2n) is 3.89. The Morgan fingerprint density at radius 2 is 1.90 bits per heavy atom. The largest absolute Gasteiger partial charge is 0.465 e. The molecule has 2 aromatic rings. The Kier molecular flexibility index (Phi) is 4.37. The maximum absolute atomic E-state index is 11.5. The fraction of sp³-hybridized carbons (Fsp3) is 0.0714. The molecule has 0 fully saturated rings. The SMILES string of the molecule is COC(=O)c1cccc(Oc2ccc(Cl)c(Cl)c2)c1N. The van der Waals surface area contributed by atoms with Crippen LogP contribution in [0.2, 0.25) is 10.0 Å². The van der Waals surface area contributed by atoms with Crippen molar-refractivity contribution in [1.82, 2.24) is 0 Å². The van der Waals surface area contributed by atoms with Gasteiger partial charge in [-0.2, -0.15) is 0 Å². The average molecular weight is 312 g/mol. The van der Waals surface area contributed by atoms with Crippen LogP contribution in [0.1, 0.15) is 10.4 Å². The number of anilines is 1. The molecule has 0 unspecified atom stereocenters. The Morgan fingerprint density at radius 1 is 1.15 bits per heavy atom. The van der Waals surface area contributed by atoms with Gasteiger partial charge in [-0.25, -0.2) is 4.79 Å². The van der Waals surface area contributed by atoms with Crippen molar-refractivity contribution in [3.63, 3.8) is 0 Å². The van der Waals surface area contributed by atoms with Crippen molar-refractivity contribution in [1.29, 1.82) is 0 Å². The fourth-order valence-corrected chi connectivity index (χ4v) is 1.88. The van der Waals surface area contributed by atoms with Gasteiger partial charge in [-0.1, -0.05) is 29.3 Å². The van der Waals surface area contributed by atoms with Gasteiger partial charge in [0.2, 0.25) is 0 Å². The molecule has 104 valence electrons. The van der Waals surface area contributed by atoms with Crippen molar-refractivity contribution in [2.24, 2.45) is 0 Å². The lowest BCUT2D eigenvalue weighted by atomic mass is 10.1. The van der Waals surface area contributed by atoms with Gasteiger partial charge < -0.3 is 15.2 Å². The number of carbonyl (C=O) groups excluding carboxylic acids is 1. The van der Waals surface area contributed by atoms with Gasteiger partial charge in [0.25, 0.3) is 0 Å². The summed E-state index contributed by atoms with van der Waals surface area (Å²) in [4.78, 5) is 11.5. The van der Waals surface area contributed by atoms with E-state index in [0.29, 0.717) is 21.5 Å². The second kappa shape index (κ2) is 6.03. The third kappa shape index (κ3) is 2.98. The van der Waals surface area contributed by atoms with Crippen LogP contribution < -0.4 is 10.5 Å². The molecular formula is C14H11Cl2NO3. The van der Waals surface area contributed by atoms with Gasteiger partial charge in [0.15, 0.2) is 5.75 Å². The molecule has 0 aliphatic rings. The molecule has 0 atom stereocenters. The molecule has 0 saturated heterocycles. The van der Waals surface area contributed by atoms with Crippen LogP contribution in [0.3, 0.4) is 0 Å². The molecule has 4 nitrogen and oxygen atoms in total. The molecule has 0 saturated carbocycles. The first-order valence-electron chi connectivity index (χ1n) is 5.62. The first-order valence-corrected chi connectivity index (χ1v) is 6.38. The van der Waals surface area contributed by atoms with E-state index in [9.17, 15) is 4.79 Å². The summed E-state index contributed by atoms with van der Waals surface area (Å²) in [5, 5.41) is 0.794. The van der Waals surface area contributed by atoms with E-state index in [-0.39, 0.29) is 11.3 Å². The molecule has 2 aromatic carbocycles. The van der Waals surface area contributed by atoms with Gasteiger partial charge in [-0.05, 0) is 24.3 Å². The number of nitrogens with two attached hydrogens (primary N) is 1. The van der Waals surface area contributed by atoms with Crippen molar-refractivity contribution in [3.8, 4) is 11.5 Å². The Labute approximate surface area is 126 Å². The van der Waals surface area contributed by atoms with E-state index < -0.39 is 5.97 Å². The summed E-state index contributed by atoms with van der Waals surface area (Å²) in [6.45, 7) is 0. The number of halogens is 2. The molecule has 2 N–H and O–H groups in total. The van der Waals surface area contributed by atoms with E-state index in [4.69, 9.17) is 33.7 Å². The molecule has 0 aromatic heterocycles. The summed E-state index contributed by atoms with van der Waals surface area (Å²) < 4.78 is 10.2. The Morgan fingerprint density at radius 3 is 2.55 bits per heavy atom. The maximum atomic E-state index is 11.5. The van der Waals surface area contributed by atoms with Crippen LogP contribution in [0.5, 0.6) is 11.5 Å². The van der Waals surface area contributed by atoms with Gasteiger partial charge in [0, 0.05) is 6.07 Å². The lowest BCUT2D eigenvalue weighted by molar-refractivity contribution is 0.0601. The van der Waals surface area contributed by atoms with Crippen LogP contribution in [0.4, 0.5) is 5.69 Å². The van der Waals surface area contributed by atoms with E-state index in [1.165, 1.54) is 7.11 Å². The molecule has 0 amide bonds. The summed E-state index contributed by atoms with van der Waals surface area (Å²) in [6.07, 6.45) is 0. The van der Waals surface area contributed by atoms with E-state index in [0.717, 1.165) is 0 Å². The number of nitrogen functional groups attached to an aromatic ring is 1. The standard InChI is InChI=1S/C14H11Cl2NO3/c1-19-14(18)9-3-2-4-12(13(9)17)20-8-5-6-10(15)11(16)7-8/h2-7H,17H2,1H3. The zero-order chi connectivity index (χ0) is 14.7. The minimum absolute atomic E-state index is 0.199. The molecular weight excluding hydrogens is 301 g/mol. The third-order valence-electron chi connectivity index (χ3n) is 2.59. The highest BCUT2D eigenvalue weighted by atomic mass is 35.5. The lowest BCUT2D eigenvalue weighted by Crippen LogP contribution is -2.06. The number of para-hydroxylation sites is 1. The summed E-state index contributed by atoms with van der Waals surface area (Å²) in [6, 6.07) is 9.68. The van der Waals surface area contributed by atoms with Gasteiger partial charge in [0.1, 0.15) is 5.75 Å². The second-order valence-corrected chi connectivity index (χ2v) is 4.70. The first-order chi connectivity index (χ1) is 9.52. The van der Waals surface area contributed by atoms with Crippen molar-refractivity contribution < 1.29 is 14.3 Å². The van der Waals surface area contributed by atoms with Crippen LogP contribution >= 0.6 is 23.2 Å². The smallest absolute Gasteiger partial charge is 0.340 e. The van der Waals surface area contributed by atoms with E-state index in [2.05, 4.69) is 4.74 Å². The molecule has 0 aliphatic carbocycles. The Hall–Kier alpha value is -1.91. The van der Waals surface area contributed by atoms with Crippen LogP contribution in [-0.4, -0.2) is 13.1 Å². The van der Waals surface area contributed by atoms with Crippen molar-refractivity contribution in [2.45, 2.75) is 0 Å². The first kappa shape index (κ1) is 14.5. The Balaban J connectivity index is 2.34. The summed E-state index contributed by atoms with van der Waals surface area (Å²) in [5.41, 5.74) is 6.33. The topological polar surface area (TPSA) is 61.5 Å². The van der Waals surface area contributed by atoms with Crippen molar-refractivity contribution in [2.75, 3.05) is 12.8 Å². The summed E-state index contributed by atoms with van der Waals surface area (Å²) >= 11 is 11.7. The monoisotopic (exact) mass is 311 g/mol. The quantitative estimate of drug-likeness (QED) is 0.683. The highest BCUT2D eigenvalue weighted by Crippen LogP contribution is 2.33. The average Bonchev–Trinajstić information content (AvgIpc) is 2.44. The minimum Gasteiger partial charge on any atom is -0.465 e. The molecule has 6 heteroatoms. The minimum atomic E-state index is -0.526. The number of carbonyl (C=O) groups is 1. The molecule has 2 rings (SSSR count). The maximum Gasteiger partial charge on any atom is 0.340 e. The van der Waals surface area contributed by atoms with Crippen LogP contribution in [0, 0.1) is 0 Å². The molecule has 0 radical (unpaired) electrons. The molecule has 0 spiro atoms. The Bertz CT molecular complexity index is 659. The third-order valence-corrected chi connectivity index (χ3v) is 3.33. The predicted molar refractivity (Wildman–Crippen MR) is 78.7 cm³/mol. The summed E-state index contributed by atoms with van der Waals surface area (Å²) in [5.74, 6) is 0.279. The normalized spacial score (nSPS) is 10.2. The lowest BCUT2D eigenvalue weighted by Gasteiger charge is -2.11. The number of esters is 1. The predicted octanol–water partition coefficient (Wildman–Crippen LogP) is 4.15. The highest BCUT2D eigenvalue weighted by molar-refractivity contribution is 6.42. The van der Waals surface area contributed by atoms with Crippen molar-refractivity contribution >= 4 is 34.9 Å². The van der Waals surface area contributed by atoms with Gasteiger partial charge >= 0.3 is 5.97 Å². The number of benzene rings is 2. The molecule has 0 bridgehead atoms. The molecule has 0 aliphatic heterocycles. The van der Waals surface area contributed by atoms with E-state index >= 15 is 0 Å². The highest BCUT2D eigenvalue weighted by Gasteiger charge is 2.14.